The Labute approximate surface area is 248 Å². The molecule has 3 heterocycles. The van der Waals surface area contributed by atoms with Gasteiger partial charge in [-0.25, -0.2) is 9.79 Å². The van der Waals surface area contributed by atoms with Crippen LogP contribution in [0.3, 0.4) is 0 Å². The van der Waals surface area contributed by atoms with Crippen molar-refractivity contribution in [3.8, 4) is 28.6 Å². The smallest absolute Gasteiger partial charge is 0.338 e. The van der Waals surface area contributed by atoms with E-state index in [0.29, 0.717) is 50.4 Å². The van der Waals surface area contributed by atoms with Crippen molar-refractivity contribution in [2.45, 2.75) is 19.9 Å². The van der Waals surface area contributed by atoms with Crippen LogP contribution in [0.15, 0.2) is 74.0 Å². The van der Waals surface area contributed by atoms with Crippen molar-refractivity contribution in [3.05, 3.63) is 101 Å². The summed E-state index contributed by atoms with van der Waals surface area (Å²) in [5.74, 6) is 1.38. The number of carbonyl (C=O) groups is 1. The number of hydrogen-bond donors (Lipinski definition) is 0. The van der Waals surface area contributed by atoms with E-state index >= 15 is 0 Å². The van der Waals surface area contributed by atoms with Gasteiger partial charge in [0.1, 0.15) is 34.8 Å². The number of rotatable bonds is 9. The van der Waals surface area contributed by atoms with E-state index in [1.165, 1.54) is 44.1 Å². The lowest BCUT2D eigenvalue weighted by atomic mass is 9.95. The Bertz CT molecular complexity index is 1950. The first-order valence-electron chi connectivity index (χ1n) is 13.0. The largest absolute Gasteiger partial charge is 0.497 e. The maximum absolute atomic E-state index is 14.0. The van der Waals surface area contributed by atoms with Gasteiger partial charge in [-0.15, -0.1) is 0 Å². The summed E-state index contributed by atoms with van der Waals surface area (Å²) < 4.78 is 29.5. The number of nitrogens with zero attached hydrogens (tertiary/aromatic N) is 3. The first-order valence-corrected chi connectivity index (χ1v) is 13.9. The Hall–Kier alpha value is -5.17. The molecule has 0 aliphatic carbocycles. The first kappa shape index (κ1) is 29.3. The van der Waals surface area contributed by atoms with Gasteiger partial charge in [-0.05, 0) is 50.2 Å². The molecule has 4 aromatic rings. The third-order valence-corrected chi connectivity index (χ3v) is 7.79. The highest BCUT2D eigenvalue weighted by molar-refractivity contribution is 7.07. The SMILES string of the molecule is CCOC(=O)C1=C(C)N=c2s/c(=C\c3ccc(-c4cc([N+](=O)[O-])ccc4OC)o3)c(=O)n2C1c1cc(OC)ccc1OC. The monoisotopic (exact) mass is 605 g/mol. The van der Waals surface area contributed by atoms with Crippen molar-refractivity contribution in [1.29, 1.82) is 0 Å². The Kier molecular flexibility index (Phi) is 8.17. The summed E-state index contributed by atoms with van der Waals surface area (Å²) in [5, 5.41) is 11.3. The number of non-ortho nitro benzene ring substituents is 1. The number of hydrogen-bond acceptors (Lipinski definition) is 11. The normalized spacial score (nSPS) is 14.6. The van der Waals surface area contributed by atoms with Crippen molar-refractivity contribution in [2.24, 2.45) is 4.99 Å². The Morgan fingerprint density at radius 1 is 1.09 bits per heavy atom. The summed E-state index contributed by atoms with van der Waals surface area (Å²) in [7, 11) is 4.47. The van der Waals surface area contributed by atoms with Gasteiger partial charge in [0, 0.05) is 23.8 Å². The number of nitro groups is 1. The van der Waals surface area contributed by atoms with Crippen LogP contribution in [0.4, 0.5) is 5.69 Å². The number of methoxy groups -OCH3 is 3. The highest BCUT2D eigenvalue weighted by Gasteiger charge is 2.35. The van der Waals surface area contributed by atoms with Crippen molar-refractivity contribution >= 4 is 29.1 Å². The lowest BCUT2D eigenvalue weighted by molar-refractivity contribution is -0.384. The molecule has 0 bridgehead atoms. The number of nitro benzene ring substituents is 1. The number of benzene rings is 2. The van der Waals surface area contributed by atoms with E-state index in [1.807, 2.05) is 0 Å². The van der Waals surface area contributed by atoms with Crippen LogP contribution in [0.2, 0.25) is 0 Å². The molecular formula is C30H27N3O9S. The van der Waals surface area contributed by atoms with E-state index in [4.69, 9.17) is 23.4 Å². The molecule has 5 rings (SSSR count). The van der Waals surface area contributed by atoms with E-state index in [0.717, 1.165) is 11.3 Å². The molecule has 222 valence electrons. The van der Waals surface area contributed by atoms with Crippen LogP contribution in [0.1, 0.15) is 31.2 Å². The third kappa shape index (κ3) is 5.42. The van der Waals surface area contributed by atoms with E-state index in [2.05, 4.69) is 4.99 Å². The zero-order chi connectivity index (χ0) is 30.8. The number of fused-ring (bicyclic) bond motifs is 1. The van der Waals surface area contributed by atoms with Gasteiger partial charge in [-0.3, -0.25) is 19.5 Å². The van der Waals surface area contributed by atoms with E-state index in [-0.39, 0.29) is 22.4 Å². The predicted octanol–water partition coefficient (Wildman–Crippen LogP) is 3.99. The molecule has 0 saturated carbocycles. The van der Waals surface area contributed by atoms with Gasteiger partial charge in [0.15, 0.2) is 4.80 Å². The molecule has 1 aliphatic rings. The number of esters is 1. The minimum atomic E-state index is -0.913. The van der Waals surface area contributed by atoms with Gasteiger partial charge in [0.25, 0.3) is 11.2 Å². The molecule has 0 N–H and O–H groups in total. The van der Waals surface area contributed by atoms with Gasteiger partial charge >= 0.3 is 5.97 Å². The van der Waals surface area contributed by atoms with Gasteiger partial charge in [0.05, 0.1) is 54.2 Å². The minimum absolute atomic E-state index is 0.122. The zero-order valence-electron chi connectivity index (χ0n) is 23.9. The summed E-state index contributed by atoms with van der Waals surface area (Å²) >= 11 is 1.12. The number of carbonyl (C=O) groups excluding carboxylic acids is 1. The lowest BCUT2D eigenvalue weighted by Crippen LogP contribution is -2.40. The third-order valence-electron chi connectivity index (χ3n) is 6.81. The second kappa shape index (κ2) is 12.0. The molecule has 1 unspecified atom stereocenters. The molecular weight excluding hydrogens is 578 g/mol. The van der Waals surface area contributed by atoms with Gasteiger partial charge in [0.2, 0.25) is 0 Å². The molecule has 1 atom stereocenters. The van der Waals surface area contributed by atoms with Crippen LogP contribution in [0.5, 0.6) is 17.2 Å². The maximum Gasteiger partial charge on any atom is 0.338 e. The summed E-state index contributed by atoms with van der Waals surface area (Å²) in [6.45, 7) is 3.53. The molecule has 12 nitrogen and oxygen atoms in total. The average molecular weight is 606 g/mol. The molecule has 0 radical (unpaired) electrons. The van der Waals surface area contributed by atoms with Crippen molar-refractivity contribution in [3.63, 3.8) is 0 Å². The molecule has 1 aliphatic heterocycles. The van der Waals surface area contributed by atoms with Crippen LogP contribution in [-0.4, -0.2) is 43.4 Å². The summed E-state index contributed by atoms with van der Waals surface area (Å²) in [5.41, 5.74) is 0.966. The number of furan rings is 1. The van der Waals surface area contributed by atoms with Crippen LogP contribution in [0.25, 0.3) is 17.4 Å². The molecule has 2 aromatic carbocycles. The van der Waals surface area contributed by atoms with Crippen molar-refractivity contribution in [2.75, 3.05) is 27.9 Å². The van der Waals surface area contributed by atoms with Crippen LogP contribution < -0.4 is 29.1 Å². The predicted molar refractivity (Wildman–Crippen MR) is 157 cm³/mol. The highest BCUT2D eigenvalue weighted by atomic mass is 32.1. The van der Waals surface area contributed by atoms with E-state index in [9.17, 15) is 19.7 Å². The Morgan fingerprint density at radius 3 is 2.51 bits per heavy atom. The van der Waals surface area contributed by atoms with Gasteiger partial charge in [-0.2, -0.15) is 0 Å². The second-order valence-corrected chi connectivity index (χ2v) is 10.3. The number of allylic oxidation sites excluding steroid dienone is 1. The molecule has 0 amide bonds. The second-order valence-electron chi connectivity index (χ2n) is 9.25. The topological polar surface area (TPSA) is 145 Å². The Morgan fingerprint density at radius 2 is 1.84 bits per heavy atom. The number of aromatic nitrogens is 1. The van der Waals surface area contributed by atoms with Gasteiger partial charge < -0.3 is 23.4 Å². The number of ether oxygens (including phenoxy) is 4. The molecule has 13 heteroatoms. The Balaban J connectivity index is 1.67. The zero-order valence-corrected chi connectivity index (χ0v) is 24.7. The molecule has 2 aromatic heterocycles. The summed E-state index contributed by atoms with van der Waals surface area (Å²) in [6.07, 6.45) is 1.56. The average Bonchev–Trinajstić information content (AvgIpc) is 3.59. The number of thiazole rings is 1. The van der Waals surface area contributed by atoms with E-state index in [1.54, 1.807) is 50.3 Å². The minimum Gasteiger partial charge on any atom is -0.497 e. The molecule has 0 fully saturated rings. The maximum atomic E-state index is 14.0. The summed E-state index contributed by atoms with van der Waals surface area (Å²) in [6, 6.07) is 11.7. The molecule has 0 spiro atoms. The van der Waals surface area contributed by atoms with E-state index < -0.39 is 22.5 Å². The van der Waals surface area contributed by atoms with Crippen molar-refractivity contribution < 1.29 is 33.1 Å². The fourth-order valence-corrected chi connectivity index (χ4v) is 5.87. The fraction of sp³-hybridized carbons (Fsp3) is 0.233. The van der Waals surface area contributed by atoms with Crippen molar-refractivity contribution in [1.82, 2.24) is 4.57 Å². The van der Waals surface area contributed by atoms with Crippen LogP contribution >= 0.6 is 11.3 Å². The molecule has 43 heavy (non-hydrogen) atoms. The standard InChI is InChI=1S/C30H27N3O9S/c1-6-41-29(35)26-16(2)31-30-32(27(26)21-14-18(38-3)8-11-23(21)40-5)28(34)25(43-30)15-19-9-12-24(42-19)20-13-17(33(36)37)7-10-22(20)39-4/h7-15,27H,6H2,1-5H3/b25-15-. The lowest BCUT2D eigenvalue weighted by Gasteiger charge is -2.26. The van der Waals surface area contributed by atoms with Crippen LogP contribution in [0, 0.1) is 10.1 Å². The summed E-state index contributed by atoms with van der Waals surface area (Å²) in [4.78, 5) is 43.0. The van der Waals surface area contributed by atoms with Gasteiger partial charge in [-0.1, -0.05) is 11.3 Å². The quantitative estimate of drug-likeness (QED) is 0.157. The van der Waals surface area contributed by atoms with Crippen LogP contribution in [-0.2, 0) is 9.53 Å². The first-order chi connectivity index (χ1) is 20.7. The fourth-order valence-electron chi connectivity index (χ4n) is 4.85. The molecule has 0 saturated heterocycles. The highest BCUT2D eigenvalue weighted by Crippen LogP contribution is 2.38.